The number of halogens is 3. The van der Waals surface area contributed by atoms with E-state index < -0.39 is 0 Å². The van der Waals surface area contributed by atoms with Crippen LogP contribution in [-0.4, -0.2) is 46.3 Å². The van der Waals surface area contributed by atoms with E-state index in [1.165, 1.54) is 23.4 Å². The van der Waals surface area contributed by atoms with E-state index in [1.54, 1.807) is 6.07 Å². The second-order valence-corrected chi connectivity index (χ2v) is 8.82. The minimum absolute atomic E-state index is 0. The molecule has 0 bridgehead atoms. The molecule has 7 nitrogen and oxygen atoms in total. The normalized spacial score (nSPS) is 13.5. The Hall–Kier alpha value is -3.62. The SMILES string of the molecule is CCc1c(N2CCN(c3n[nH]c4cc(F)ccc34)CC2)ccc2nc(N)c(-c3ccccc3)nc12.Cl.Cl. The molecule has 0 spiro atoms. The van der Waals surface area contributed by atoms with Crippen molar-refractivity contribution in [1.82, 2.24) is 20.2 Å². The molecule has 10 heteroatoms. The highest BCUT2D eigenvalue weighted by Crippen LogP contribution is 2.33. The fraction of sp³-hybridized carbons (Fsp3) is 0.222. The van der Waals surface area contributed by atoms with E-state index in [4.69, 9.17) is 10.7 Å². The third-order valence-corrected chi connectivity index (χ3v) is 6.77. The van der Waals surface area contributed by atoms with Crippen molar-refractivity contribution in [3.05, 3.63) is 72.0 Å². The van der Waals surface area contributed by atoms with Gasteiger partial charge in [-0.3, -0.25) is 5.10 Å². The first-order valence-electron chi connectivity index (χ1n) is 11.9. The number of aromatic nitrogens is 4. The molecule has 6 rings (SSSR count). The monoisotopic (exact) mass is 539 g/mol. The van der Waals surface area contributed by atoms with Gasteiger partial charge in [0.05, 0.1) is 16.6 Å². The Morgan fingerprint density at radius 1 is 0.919 bits per heavy atom. The van der Waals surface area contributed by atoms with Crippen molar-refractivity contribution in [2.75, 3.05) is 41.7 Å². The number of nitrogen functional groups attached to an aromatic ring is 1. The van der Waals surface area contributed by atoms with Gasteiger partial charge in [0.25, 0.3) is 0 Å². The lowest BCUT2D eigenvalue weighted by Gasteiger charge is -2.37. The van der Waals surface area contributed by atoms with Gasteiger partial charge in [-0.05, 0) is 36.8 Å². The fourth-order valence-corrected chi connectivity index (χ4v) is 5.01. The van der Waals surface area contributed by atoms with E-state index in [9.17, 15) is 4.39 Å². The Labute approximate surface area is 226 Å². The van der Waals surface area contributed by atoms with Gasteiger partial charge < -0.3 is 15.5 Å². The minimum atomic E-state index is -0.263. The summed E-state index contributed by atoms with van der Waals surface area (Å²) in [6.45, 7) is 5.50. The summed E-state index contributed by atoms with van der Waals surface area (Å²) in [6.07, 6.45) is 0.843. The molecule has 3 aromatic carbocycles. The molecule has 1 fully saturated rings. The number of fused-ring (bicyclic) bond motifs is 2. The van der Waals surface area contributed by atoms with Crippen molar-refractivity contribution in [2.45, 2.75) is 13.3 Å². The van der Waals surface area contributed by atoms with Crippen LogP contribution in [0.2, 0.25) is 0 Å². The van der Waals surface area contributed by atoms with Gasteiger partial charge in [-0.25, -0.2) is 14.4 Å². The summed E-state index contributed by atoms with van der Waals surface area (Å²) >= 11 is 0. The van der Waals surface area contributed by atoms with E-state index in [2.05, 4.69) is 38.0 Å². The first-order chi connectivity index (χ1) is 17.1. The van der Waals surface area contributed by atoms with E-state index in [0.29, 0.717) is 5.82 Å². The highest BCUT2D eigenvalue weighted by Gasteiger charge is 2.23. The zero-order chi connectivity index (χ0) is 23.9. The molecule has 0 radical (unpaired) electrons. The van der Waals surface area contributed by atoms with Crippen molar-refractivity contribution in [3.8, 4) is 11.3 Å². The van der Waals surface area contributed by atoms with E-state index in [1.807, 2.05) is 36.4 Å². The highest BCUT2D eigenvalue weighted by atomic mass is 35.5. The number of nitrogens with two attached hydrogens (primary N) is 1. The van der Waals surface area contributed by atoms with Crippen LogP contribution in [0.3, 0.4) is 0 Å². The predicted molar refractivity (Wildman–Crippen MR) is 154 cm³/mol. The maximum absolute atomic E-state index is 13.6. The first-order valence-corrected chi connectivity index (χ1v) is 11.9. The number of piperazine rings is 1. The molecule has 0 saturated carbocycles. The van der Waals surface area contributed by atoms with Crippen LogP contribution in [0, 0.1) is 5.82 Å². The van der Waals surface area contributed by atoms with Crippen molar-refractivity contribution < 1.29 is 4.39 Å². The van der Waals surface area contributed by atoms with Crippen LogP contribution in [0.1, 0.15) is 12.5 Å². The molecule has 0 unspecified atom stereocenters. The lowest BCUT2D eigenvalue weighted by Crippen LogP contribution is -2.47. The van der Waals surface area contributed by atoms with Gasteiger partial charge in [0, 0.05) is 48.4 Å². The summed E-state index contributed by atoms with van der Waals surface area (Å²) in [5.74, 6) is 1.06. The van der Waals surface area contributed by atoms with Gasteiger partial charge in [0.1, 0.15) is 11.5 Å². The van der Waals surface area contributed by atoms with Gasteiger partial charge in [-0.2, -0.15) is 5.10 Å². The molecular weight excluding hydrogens is 512 g/mol. The number of aryl methyl sites for hydroxylation is 1. The average Bonchev–Trinajstić information content (AvgIpc) is 3.31. The lowest BCUT2D eigenvalue weighted by atomic mass is 10.0. The molecule has 3 N–H and O–H groups in total. The molecule has 0 amide bonds. The van der Waals surface area contributed by atoms with Crippen LogP contribution in [0.4, 0.5) is 21.7 Å². The predicted octanol–water partition coefficient (Wildman–Crippen LogP) is 5.63. The number of hydrogen-bond donors (Lipinski definition) is 2. The summed E-state index contributed by atoms with van der Waals surface area (Å²) in [7, 11) is 0. The zero-order valence-corrected chi connectivity index (χ0v) is 21.9. The van der Waals surface area contributed by atoms with Gasteiger partial charge >= 0.3 is 0 Å². The standard InChI is InChI=1S/C27H26FN7.2ClH/c1-2-19-23(11-10-21-25(19)31-24(26(29)30-21)17-6-4-3-5-7-17)34-12-14-35(15-13-34)27-20-9-8-18(28)16-22(20)32-33-27;;/h3-11,16H,2,12-15H2,1H3,(H2,29,30)(H,32,33);2*1H. The number of anilines is 3. The maximum Gasteiger partial charge on any atom is 0.158 e. The molecule has 1 aliphatic heterocycles. The van der Waals surface area contributed by atoms with Crippen molar-refractivity contribution >= 4 is 64.1 Å². The number of nitrogens with one attached hydrogen (secondary N) is 1. The van der Waals surface area contributed by atoms with Crippen LogP contribution in [0.25, 0.3) is 33.2 Å². The number of H-pyrrole nitrogens is 1. The quantitative estimate of drug-likeness (QED) is 0.308. The summed E-state index contributed by atoms with van der Waals surface area (Å²) in [4.78, 5) is 14.3. The molecule has 2 aromatic heterocycles. The largest absolute Gasteiger partial charge is 0.382 e. The Balaban J connectivity index is 0.00000160. The van der Waals surface area contributed by atoms with E-state index in [-0.39, 0.29) is 30.6 Å². The third kappa shape index (κ3) is 4.74. The van der Waals surface area contributed by atoms with Crippen LogP contribution in [0.5, 0.6) is 0 Å². The van der Waals surface area contributed by atoms with Gasteiger partial charge in [-0.1, -0.05) is 37.3 Å². The van der Waals surface area contributed by atoms with Crippen LogP contribution in [0.15, 0.2) is 60.7 Å². The number of nitrogens with zero attached hydrogens (tertiary/aromatic N) is 5. The van der Waals surface area contributed by atoms with E-state index >= 15 is 0 Å². The molecule has 5 aromatic rings. The second kappa shape index (κ2) is 10.8. The van der Waals surface area contributed by atoms with Gasteiger partial charge in [0.15, 0.2) is 11.6 Å². The van der Waals surface area contributed by atoms with Gasteiger partial charge in [0.2, 0.25) is 0 Å². The average molecular weight is 540 g/mol. The topological polar surface area (TPSA) is 87.0 Å². The number of benzene rings is 3. The second-order valence-electron chi connectivity index (χ2n) is 8.82. The molecule has 37 heavy (non-hydrogen) atoms. The highest BCUT2D eigenvalue weighted by molar-refractivity contribution is 5.91. The van der Waals surface area contributed by atoms with Crippen molar-refractivity contribution in [3.63, 3.8) is 0 Å². The van der Waals surface area contributed by atoms with Crippen molar-refractivity contribution in [1.29, 1.82) is 0 Å². The van der Waals surface area contributed by atoms with E-state index in [0.717, 1.165) is 71.6 Å². The molecule has 3 heterocycles. The number of rotatable bonds is 4. The Kier molecular flexibility index (Phi) is 7.71. The molecule has 1 saturated heterocycles. The summed E-state index contributed by atoms with van der Waals surface area (Å²) in [6, 6.07) is 18.9. The van der Waals surface area contributed by atoms with Crippen molar-refractivity contribution in [2.24, 2.45) is 0 Å². The number of aromatic amines is 1. The smallest absolute Gasteiger partial charge is 0.158 e. The Morgan fingerprint density at radius 3 is 2.38 bits per heavy atom. The Morgan fingerprint density at radius 2 is 1.65 bits per heavy atom. The molecular formula is C27H28Cl2FN7. The zero-order valence-electron chi connectivity index (χ0n) is 20.3. The summed E-state index contributed by atoms with van der Waals surface area (Å²) in [5, 5.41) is 8.37. The third-order valence-electron chi connectivity index (χ3n) is 6.77. The maximum atomic E-state index is 13.6. The summed E-state index contributed by atoms with van der Waals surface area (Å²) < 4.78 is 13.6. The minimum Gasteiger partial charge on any atom is -0.382 e. The fourth-order valence-electron chi connectivity index (χ4n) is 5.01. The molecule has 192 valence electrons. The van der Waals surface area contributed by atoms with Crippen LogP contribution < -0.4 is 15.5 Å². The van der Waals surface area contributed by atoms with Gasteiger partial charge in [-0.15, -0.1) is 24.8 Å². The number of hydrogen-bond acceptors (Lipinski definition) is 6. The summed E-state index contributed by atoms with van der Waals surface area (Å²) in [5.41, 5.74) is 12.8. The molecule has 0 aliphatic carbocycles. The lowest BCUT2D eigenvalue weighted by molar-refractivity contribution is 0.629. The van der Waals surface area contributed by atoms with Crippen LogP contribution >= 0.6 is 24.8 Å². The molecule has 0 atom stereocenters. The molecule has 1 aliphatic rings. The Bertz CT molecular complexity index is 1530. The first kappa shape index (κ1) is 26.4. The van der Waals surface area contributed by atoms with Crippen LogP contribution in [-0.2, 0) is 6.42 Å².